The molecule has 0 saturated heterocycles. The van der Waals surface area contributed by atoms with Crippen molar-refractivity contribution in [2.75, 3.05) is 22.9 Å². The van der Waals surface area contributed by atoms with Crippen molar-refractivity contribution in [3.05, 3.63) is 33.9 Å². The molecule has 0 aliphatic carbocycles. The third-order valence-electron chi connectivity index (χ3n) is 2.37. The Kier molecular flexibility index (Phi) is 4.41. The molecule has 0 aliphatic rings. The Balaban J connectivity index is 2.19. The standard InChI is InChI=1S/C12H12ClFN4OS/c1-2-16-12-18-10(15)9(20-12)11(19)17-8-4-3-6(13)5-7(8)14/h3-5H,2,15H2,1H3,(H,16,18)(H,17,19). The third kappa shape index (κ3) is 3.17. The van der Waals surface area contributed by atoms with Crippen LogP contribution in [0.5, 0.6) is 0 Å². The normalized spacial score (nSPS) is 10.3. The molecule has 0 fully saturated rings. The molecule has 0 bridgehead atoms. The van der Waals surface area contributed by atoms with Gasteiger partial charge in [0.15, 0.2) is 5.13 Å². The molecule has 1 heterocycles. The Morgan fingerprint density at radius 1 is 1.55 bits per heavy atom. The zero-order chi connectivity index (χ0) is 14.7. The number of hydrogen-bond donors (Lipinski definition) is 3. The van der Waals surface area contributed by atoms with Crippen molar-refractivity contribution in [3.8, 4) is 0 Å². The maximum atomic E-state index is 13.6. The van der Waals surface area contributed by atoms with Crippen molar-refractivity contribution >= 4 is 45.5 Å². The first kappa shape index (κ1) is 14.5. The number of halogens is 2. The zero-order valence-corrected chi connectivity index (χ0v) is 12.1. The summed E-state index contributed by atoms with van der Waals surface area (Å²) >= 11 is 6.76. The zero-order valence-electron chi connectivity index (χ0n) is 10.5. The van der Waals surface area contributed by atoms with Crippen LogP contribution in [0.3, 0.4) is 0 Å². The predicted molar refractivity (Wildman–Crippen MR) is 80.1 cm³/mol. The number of anilines is 3. The smallest absolute Gasteiger partial charge is 0.269 e. The van der Waals surface area contributed by atoms with E-state index in [0.29, 0.717) is 11.7 Å². The fourth-order valence-electron chi connectivity index (χ4n) is 1.49. The van der Waals surface area contributed by atoms with E-state index < -0.39 is 11.7 Å². The molecule has 8 heteroatoms. The summed E-state index contributed by atoms with van der Waals surface area (Å²) in [5, 5.41) is 6.21. The Morgan fingerprint density at radius 2 is 2.30 bits per heavy atom. The number of thiazole rings is 1. The molecular formula is C12H12ClFN4OS. The average Bonchev–Trinajstić information content (AvgIpc) is 2.74. The van der Waals surface area contributed by atoms with Gasteiger partial charge in [-0.15, -0.1) is 0 Å². The summed E-state index contributed by atoms with van der Waals surface area (Å²) in [6, 6.07) is 4.00. The highest BCUT2D eigenvalue weighted by Crippen LogP contribution is 2.26. The van der Waals surface area contributed by atoms with Crippen LogP contribution in [0.4, 0.5) is 21.0 Å². The van der Waals surface area contributed by atoms with Gasteiger partial charge in [-0.05, 0) is 25.1 Å². The highest BCUT2D eigenvalue weighted by atomic mass is 35.5. The maximum absolute atomic E-state index is 13.6. The maximum Gasteiger partial charge on any atom is 0.269 e. The molecule has 106 valence electrons. The van der Waals surface area contributed by atoms with E-state index in [9.17, 15) is 9.18 Å². The largest absolute Gasteiger partial charge is 0.382 e. The van der Waals surface area contributed by atoms with Crippen LogP contribution in [0, 0.1) is 5.82 Å². The molecule has 0 atom stereocenters. The van der Waals surface area contributed by atoms with E-state index >= 15 is 0 Å². The van der Waals surface area contributed by atoms with Gasteiger partial charge in [0.1, 0.15) is 16.5 Å². The van der Waals surface area contributed by atoms with E-state index in [1.807, 2.05) is 6.92 Å². The Hall–Kier alpha value is -1.86. The predicted octanol–water partition coefficient (Wildman–Crippen LogP) is 3.20. The molecule has 0 aliphatic heterocycles. The van der Waals surface area contributed by atoms with Gasteiger partial charge in [0.2, 0.25) is 0 Å². The first-order valence-electron chi connectivity index (χ1n) is 5.77. The molecule has 4 N–H and O–H groups in total. The topological polar surface area (TPSA) is 80.0 Å². The Bertz CT molecular complexity index is 646. The van der Waals surface area contributed by atoms with E-state index in [1.165, 1.54) is 12.1 Å². The summed E-state index contributed by atoms with van der Waals surface area (Å²) in [5.41, 5.74) is 5.71. The van der Waals surface area contributed by atoms with Gasteiger partial charge in [0, 0.05) is 11.6 Å². The second-order valence-electron chi connectivity index (χ2n) is 3.84. The van der Waals surface area contributed by atoms with Crippen LogP contribution >= 0.6 is 22.9 Å². The van der Waals surface area contributed by atoms with Crippen molar-refractivity contribution in [2.45, 2.75) is 6.92 Å². The van der Waals surface area contributed by atoms with Crippen molar-refractivity contribution in [1.82, 2.24) is 4.98 Å². The van der Waals surface area contributed by atoms with Gasteiger partial charge in [0.05, 0.1) is 5.69 Å². The van der Waals surface area contributed by atoms with Crippen LogP contribution in [-0.4, -0.2) is 17.4 Å². The van der Waals surface area contributed by atoms with E-state index in [2.05, 4.69) is 15.6 Å². The number of hydrogen-bond acceptors (Lipinski definition) is 5. The molecule has 0 unspecified atom stereocenters. The first-order chi connectivity index (χ1) is 9.51. The number of rotatable bonds is 4. The van der Waals surface area contributed by atoms with Gasteiger partial charge in [-0.25, -0.2) is 9.37 Å². The van der Waals surface area contributed by atoms with Crippen LogP contribution in [0.25, 0.3) is 0 Å². The molecule has 1 amide bonds. The van der Waals surface area contributed by atoms with E-state index in [-0.39, 0.29) is 21.4 Å². The number of aromatic nitrogens is 1. The van der Waals surface area contributed by atoms with Crippen LogP contribution in [0.1, 0.15) is 16.6 Å². The third-order valence-corrected chi connectivity index (χ3v) is 3.63. The fraction of sp³-hybridized carbons (Fsp3) is 0.167. The quantitative estimate of drug-likeness (QED) is 0.809. The van der Waals surface area contributed by atoms with Crippen molar-refractivity contribution in [2.24, 2.45) is 0 Å². The van der Waals surface area contributed by atoms with Crippen LogP contribution in [0.2, 0.25) is 5.02 Å². The fourth-order valence-corrected chi connectivity index (χ4v) is 2.50. The lowest BCUT2D eigenvalue weighted by atomic mass is 10.3. The molecular weight excluding hydrogens is 303 g/mol. The minimum atomic E-state index is -0.610. The van der Waals surface area contributed by atoms with Gasteiger partial charge in [0.25, 0.3) is 5.91 Å². The lowest BCUT2D eigenvalue weighted by Gasteiger charge is -2.05. The number of carbonyl (C=O) groups is 1. The van der Waals surface area contributed by atoms with Gasteiger partial charge in [-0.2, -0.15) is 0 Å². The van der Waals surface area contributed by atoms with Gasteiger partial charge in [-0.3, -0.25) is 4.79 Å². The van der Waals surface area contributed by atoms with Gasteiger partial charge in [-0.1, -0.05) is 22.9 Å². The van der Waals surface area contributed by atoms with Crippen LogP contribution in [0.15, 0.2) is 18.2 Å². The minimum absolute atomic E-state index is 0.0391. The SMILES string of the molecule is CCNc1nc(N)c(C(=O)Nc2ccc(Cl)cc2F)s1. The monoisotopic (exact) mass is 314 g/mol. The average molecular weight is 315 g/mol. The molecule has 0 saturated carbocycles. The molecule has 0 radical (unpaired) electrons. The first-order valence-corrected chi connectivity index (χ1v) is 6.97. The van der Waals surface area contributed by atoms with Crippen LogP contribution < -0.4 is 16.4 Å². The lowest BCUT2D eigenvalue weighted by molar-refractivity contribution is 0.103. The highest BCUT2D eigenvalue weighted by molar-refractivity contribution is 7.18. The summed E-state index contributed by atoms with van der Waals surface area (Å²) in [6.45, 7) is 2.57. The number of nitrogen functional groups attached to an aromatic ring is 1. The lowest BCUT2D eigenvalue weighted by Crippen LogP contribution is -2.13. The van der Waals surface area contributed by atoms with Crippen molar-refractivity contribution < 1.29 is 9.18 Å². The number of carbonyl (C=O) groups excluding carboxylic acids is 1. The second kappa shape index (κ2) is 6.06. The Labute approximate surface area is 124 Å². The summed E-state index contributed by atoms with van der Waals surface area (Å²) in [7, 11) is 0. The number of benzene rings is 1. The Morgan fingerprint density at radius 3 is 2.95 bits per heavy atom. The minimum Gasteiger partial charge on any atom is -0.382 e. The number of nitrogens with two attached hydrogens (primary N) is 1. The molecule has 1 aromatic carbocycles. The second-order valence-corrected chi connectivity index (χ2v) is 5.28. The number of amides is 1. The van der Waals surface area contributed by atoms with Crippen LogP contribution in [-0.2, 0) is 0 Å². The number of nitrogens with zero attached hydrogens (tertiary/aromatic N) is 1. The van der Waals surface area contributed by atoms with E-state index in [1.54, 1.807) is 0 Å². The van der Waals surface area contributed by atoms with Crippen molar-refractivity contribution in [1.29, 1.82) is 0 Å². The number of nitrogens with one attached hydrogen (secondary N) is 2. The molecule has 0 spiro atoms. The van der Waals surface area contributed by atoms with Gasteiger partial charge >= 0.3 is 0 Å². The molecule has 1 aromatic heterocycles. The molecule has 5 nitrogen and oxygen atoms in total. The molecule has 2 aromatic rings. The van der Waals surface area contributed by atoms with E-state index in [4.69, 9.17) is 17.3 Å². The summed E-state index contributed by atoms with van der Waals surface area (Å²) in [4.78, 5) is 16.3. The highest BCUT2D eigenvalue weighted by Gasteiger charge is 2.17. The molecule has 20 heavy (non-hydrogen) atoms. The van der Waals surface area contributed by atoms with E-state index in [0.717, 1.165) is 17.4 Å². The van der Waals surface area contributed by atoms with Gasteiger partial charge < -0.3 is 16.4 Å². The summed E-state index contributed by atoms with van der Waals surface area (Å²) < 4.78 is 13.6. The van der Waals surface area contributed by atoms with Crippen molar-refractivity contribution in [3.63, 3.8) is 0 Å². The summed E-state index contributed by atoms with van der Waals surface area (Å²) in [6.07, 6.45) is 0. The molecule has 2 rings (SSSR count). The summed E-state index contributed by atoms with van der Waals surface area (Å²) in [5.74, 6) is -1.01.